The van der Waals surface area contributed by atoms with Gasteiger partial charge in [-0.1, -0.05) is 12.7 Å². The molecule has 1 atom stereocenters. The smallest absolute Gasteiger partial charge is 0.337 e. The van der Waals surface area contributed by atoms with Gasteiger partial charge < -0.3 is 14.7 Å². The molecule has 2 aromatic rings. The second-order valence-corrected chi connectivity index (χ2v) is 5.47. The minimum Gasteiger partial charge on any atom is -0.478 e. The predicted octanol–water partition coefficient (Wildman–Crippen LogP) is 1.26. The summed E-state index contributed by atoms with van der Waals surface area (Å²) < 4.78 is 6.74. The Hall–Kier alpha value is -2.67. The number of carbonyl (C=O) groups is 1. The summed E-state index contributed by atoms with van der Waals surface area (Å²) in [4.78, 5) is 30.1. The number of carboxylic acids is 1. The summed E-state index contributed by atoms with van der Waals surface area (Å²) in [6, 6.07) is 2.88. The lowest BCUT2D eigenvalue weighted by Crippen LogP contribution is -2.42. The van der Waals surface area contributed by atoms with Gasteiger partial charge in [0.15, 0.2) is 0 Å². The first kappa shape index (κ1) is 15.2. The Kier molecular flexibility index (Phi) is 3.87. The van der Waals surface area contributed by atoms with Crippen molar-refractivity contribution in [2.45, 2.75) is 13.0 Å². The highest BCUT2D eigenvalue weighted by Gasteiger charge is 2.20. The molecule has 0 amide bonds. The van der Waals surface area contributed by atoms with E-state index in [9.17, 15) is 9.59 Å². The van der Waals surface area contributed by atoms with Gasteiger partial charge in [-0.25, -0.2) is 9.78 Å². The maximum absolute atomic E-state index is 12.4. The normalized spacial score (nSPS) is 18.1. The summed E-state index contributed by atoms with van der Waals surface area (Å²) in [5.74, 6) is -0.538. The molecular formula is C16H17N3O4. The average Bonchev–Trinajstić information content (AvgIpc) is 2.53. The molecule has 1 saturated heterocycles. The van der Waals surface area contributed by atoms with Gasteiger partial charge in [0, 0.05) is 30.9 Å². The molecule has 7 heteroatoms. The number of hydrogen-bond donors (Lipinski definition) is 1. The topological polar surface area (TPSA) is 84.1 Å². The van der Waals surface area contributed by atoms with Gasteiger partial charge in [0.1, 0.15) is 11.5 Å². The number of aromatic nitrogens is 2. The van der Waals surface area contributed by atoms with E-state index in [1.165, 1.54) is 28.8 Å². The van der Waals surface area contributed by atoms with Crippen molar-refractivity contribution in [2.75, 3.05) is 24.6 Å². The van der Waals surface area contributed by atoms with Crippen molar-refractivity contribution in [2.24, 2.45) is 0 Å². The van der Waals surface area contributed by atoms with Crippen molar-refractivity contribution in [3.63, 3.8) is 0 Å². The number of ether oxygens (including phenoxy) is 1. The molecule has 0 aromatic carbocycles. The van der Waals surface area contributed by atoms with Crippen LogP contribution < -0.4 is 10.5 Å². The van der Waals surface area contributed by atoms with Crippen molar-refractivity contribution in [3.8, 4) is 0 Å². The Balaban J connectivity index is 2.17. The lowest BCUT2D eigenvalue weighted by molar-refractivity contribution is 0.0529. The number of nitrogens with zero attached hydrogens (tertiary/aromatic N) is 3. The quantitative estimate of drug-likeness (QED) is 0.918. The molecule has 2 aromatic heterocycles. The van der Waals surface area contributed by atoms with E-state index in [0.717, 1.165) is 0 Å². The lowest BCUT2D eigenvalue weighted by Gasteiger charge is -2.32. The summed E-state index contributed by atoms with van der Waals surface area (Å²) in [6.45, 7) is 7.54. The standard InChI is InChI=1S/C16H17N3O4/c1-3-11-6-12(16(21)22)9-19-14(20)7-13(17-15(11)19)18-4-5-23-10(2)8-18/h3,6-7,9-10H,1,4-5,8H2,2H3,(H,21,22)/t10-/m1/s1. The molecule has 7 nitrogen and oxygen atoms in total. The zero-order valence-electron chi connectivity index (χ0n) is 12.7. The Bertz CT molecular complexity index is 843. The van der Waals surface area contributed by atoms with Gasteiger partial charge in [0.25, 0.3) is 5.56 Å². The highest BCUT2D eigenvalue weighted by Crippen LogP contribution is 2.18. The van der Waals surface area contributed by atoms with E-state index in [1.54, 1.807) is 0 Å². The van der Waals surface area contributed by atoms with Crippen LogP contribution in [-0.2, 0) is 4.74 Å². The fourth-order valence-corrected chi connectivity index (χ4v) is 2.67. The second kappa shape index (κ2) is 5.85. The lowest BCUT2D eigenvalue weighted by atomic mass is 10.2. The van der Waals surface area contributed by atoms with Crippen LogP contribution in [0.2, 0.25) is 0 Å². The SMILES string of the molecule is C=Cc1cc(C(=O)O)cn2c(=O)cc(N3CCO[C@H](C)C3)nc12. The fourth-order valence-electron chi connectivity index (χ4n) is 2.67. The molecule has 0 saturated carbocycles. The van der Waals surface area contributed by atoms with Crippen molar-refractivity contribution in [3.05, 3.63) is 46.4 Å². The van der Waals surface area contributed by atoms with E-state index in [2.05, 4.69) is 11.6 Å². The minimum atomic E-state index is -1.10. The van der Waals surface area contributed by atoms with Gasteiger partial charge in [-0.15, -0.1) is 0 Å². The van der Waals surface area contributed by atoms with Gasteiger partial charge in [0.2, 0.25) is 0 Å². The largest absolute Gasteiger partial charge is 0.478 e. The van der Waals surface area contributed by atoms with E-state index in [1.807, 2.05) is 11.8 Å². The first-order chi connectivity index (χ1) is 11.0. The van der Waals surface area contributed by atoms with Crippen molar-refractivity contribution in [1.82, 2.24) is 9.38 Å². The zero-order valence-corrected chi connectivity index (χ0v) is 12.7. The number of morpholine rings is 1. The first-order valence-corrected chi connectivity index (χ1v) is 7.29. The number of rotatable bonds is 3. The number of aromatic carboxylic acids is 1. The molecule has 1 aliphatic rings. The molecule has 23 heavy (non-hydrogen) atoms. The Morgan fingerprint density at radius 3 is 2.96 bits per heavy atom. The first-order valence-electron chi connectivity index (χ1n) is 7.29. The number of carboxylic acid groups (broad SMARTS) is 1. The Labute approximate surface area is 132 Å². The molecule has 0 spiro atoms. The van der Waals surface area contributed by atoms with Crippen LogP contribution in [0.25, 0.3) is 11.7 Å². The number of pyridine rings is 1. The maximum atomic E-state index is 12.4. The van der Waals surface area contributed by atoms with E-state index >= 15 is 0 Å². The molecule has 1 N–H and O–H groups in total. The molecule has 1 aliphatic heterocycles. The number of anilines is 1. The van der Waals surface area contributed by atoms with Crippen molar-refractivity contribution in [1.29, 1.82) is 0 Å². The summed E-state index contributed by atoms with van der Waals surface area (Å²) in [6.07, 6.45) is 2.85. The number of hydrogen-bond acceptors (Lipinski definition) is 5. The second-order valence-electron chi connectivity index (χ2n) is 5.47. The van der Waals surface area contributed by atoms with E-state index in [0.29, 0.717) is 36.7 Å². The van der Waals surface area contributed by atoms with E-state index < -0.39 is 5.97 Å². The third-order valence-electron chi connectivity index (χ3n) is 3.81. The molecule has 0 unspecified atom stereocenters. The van der Waals surface area contributed by atoms with Crippen LogP contribution in [0.3, 0.4) is 0 Å². The molecule has 0 bridgehead atoms. The summed E-state index contributed by atoms with van der Waals surface area (Å²) >= 11 is 0. The van der Waals surface area contributed by atoms with E-state index in [-0.39, 0.29) is 17.2 Å². The fraction of sp³-hybridized carbons (Fsp3) is 0.312. The van der Waals surface area contributed by atoms with Crippen molar-refractivity contribution >= 4 is 23.5 Å². The molecule has 3 heterocycles. The minimum absolute atomic E-state index is 0.0176. The molecular weight excluding hydrogens is 298 g/mol. The third-order valence-corrected chi connectivity index (χ3v) is 3.81. The highest BCUT2D eigenvalue weighted by atomic mass is 16.5. The molecule has 120 valence electrons. The van der Waals surface area contributed by atoms with Crippen molar-refractivity contribution < 1.29 is 14.6 Å². The van der Waals surface area contributed by atoms with Crippen LogP contribution in [0.1, 0.15) is 22.8 Å². The van der Waals surface area contributed by atoms with Crippen LogP contribution in [0.4, 0.5) is 5.82 Å². The van der Waals surface area contributed by atoms with Gasteiger partial charge in [0.05, 0.1) is 18.3 Å². The highest BCUT2D eigenvalue weighted by molar-refractivity contribution is 5.89. The predicted molar refractivity (Wildman–Crippen MR) is 86.1 cm³/mol. The van der Waals surface area contributed by atoms with Crippen LogP contribution in [0.15, 0.2) is 29.7 Å². The van der Waals surface area contributed by atoms with Crippen LogP contribution in [-0.4, -0.2) is 46.3 Å². The van der Waals surface area contributed by atoms with Crippen LogP contribution in [0.5, 0.6) is 0 Å². The molecule has 0 aliphatic carbocycles. The third kappa shape index (κ3) is 2.83. The van der Waals surface area contributed by atoms with E-state index in [4.69, 9.17) is 9.84 Å². The van der Waals surface area contributed by atoms with Gasteiger partial charge in [-0.3, -0.25) is 9.20 Å². The van der Waals surface area contributed by atoms with Gasteiger partial charge >= 0.3 is 5.97 Å². The summed E-state index contributed by atoms with van der Waals surface area (Å²) in [5, 5.41) is 9.15. The maximum Gasteiger partial charge on any atom is 0.337 e. The summed E-state index contributed by atoms with van der Waals surface area (Å²) in [7, 11) is 0. The summed E-state index contributed by atoms with van der Waals surface area (Å²) in [5.41, 5.74) is 0.594. The monoisotopic (exact) mass is 315 g/mol. The average molecular weight is 315 g/mol. The molecule has 3 rings (SSSR count). The zero-order chi connectivity index (χ0) is 16.6. The van der Waals surface area contributed by atoms with Gasteiger partial charge in [-0.05, 0) is 13.0 Å². The van der Waals surface area contributed by atoms with Gasteiger partial charge in [-0.2, -0.15) is 0 Å². The number of fused-ring (bicyclic) bond motifs is 1. The Morgan fingerprint density at radius 2 is 2.30 bits per heavy atom. The molecule has 1 fully saturated rings. The Morgan fingerprint density at radius 1 is 1.52 bits per heavy atom. The van der Waals surface area contributed by atoms with Crippen LogP contribution in [0, 0.1) is 0 Å². The molecule has 0 radical (unpaired) electrons. The van der Waals surface area contributed by atoms with Crippen LogP contribution >= 0.6 is 0 Å².